The highest BCUT2D eigenvalue weighted by molar-refractivity contribution is 5.76. The fraction of sp³-hybridized carbons (Fsp3) is 0.611. The van der Waals surface area contributed by atoms with Gasteiger partial charge in [-0.25, -0.2) is 0 Å². The first kappa shape index (κ1) is 17.0. The van der Waals surface area contributed by atoms with Crippen LogP contribution >= 0.6 is 0 Å². The van der Waals surface area contributed by atoms with Gasteiger partial charge in [0.1, 0.15) is 0 Å². The van der Waals surface area contributed by atoms with Crippen LogP contribution in [0.4, 0.5) is 0 Å². The van der Waals surface area contributed by atoms with Crippen molar-refractivity contribution in [3.05, 3.63) is 23.8 Å². The molecule has 132 valence electrons. The maximum Gasteiger partial charge on any atom is 0.231 e. The molecular weight excluding hydrogens is 308 g/mol. The van der Waals surface area contributed by atoms with Crippen molar-refractivity contribution in [1.29, 1.82) is 0 Å². The Morgan fingerprint density at radius 1 is 1.42 bits per heavy atom. The number of carbonyl (C=O) groups is 1. The molecule has 6 nitrogen and oxygen atoms in total. The second-order valence-corrected chi connectivity index (χ2v) is 6.61. The number of benzene rings is 1. The maximum absolute atomic E-state index is 12.5. The van der Waals surface area contributed by atoms with E-state index in [2.05, 4.69) is 11.9 Å². The van der Waals surface area contributed by atoms with E-state index in [1.807, 2.05) is 30.1 Å². The van der Waals surface area contributed by atoms with Crippen molar-refractivity contribution < 1.29 is 19.0 Å². The molecule has 0 saturated carbocycles. The topological polar surface area (TPSA) is 51.2 Å². The van der Waals surface area contributed by atoms with Crippen LogP contribution in [0, 0.1) is 0 Å². The number of hydrogen-bond acceptors (Lipinski definition) is 5. The first-order valence-electron chi connectivity index (χ1n) is 8.43. The van der Waals surface area contributed by atoms with Crippen molar-refractivity contribution in [1.82, 2.24) is 9.80 Å². The molecule has 0 bridgehead atoms. The number of likely N-dealkylation sites (N-methyl/N-ethyl adjacent to an activating group) is 2. The van der Waals surface area contributed by atoms with Crippen LogP contribution in [-0.4, -0.2) is 68.9 Å². The summed E-state index contributed by atoms with van der Waals surface area (Å²) in [4.78, 5) is 16.6. The molecule has 2 aliphatic heterocycles. The van der Waals surface area contributed by atoms with E-state index in [4.69, 9.17) is 14.2 Å². The van der Waals surface area contributed by atoms with E-state index in [0.29, 0.717) is 18.9 Å². The fourth-order valence-corrected chi connectivity index (χ4v) is 3.45. The predicted octanol–water partition coefficient (Wildman–Crippen LogP) is 1.53. The molecule has 3 rings (SSSR count). The molecule has 1 fully saturated rings. The summed E-state index contributed by atoms with van der Waals surface area (Å²) in [6.45, 7) is 1.92. The first-order chi connectivity index (χ1) is 11.6. The molecule has 24 heavy (non-hydrogen) atoms. The molecule has 0 aromatic heterocycles. The zero-order valence-electron chi connectivity index (χ0n) is 14.7. The minimum absolute atomic E-state index is 0.154. The minimum atomic E-state index is 0.154. The standard InChI is InChI=1S/C18H26N2O4/c1-19-11-15(22-3)9-14(19)10-20(2)17(21)8-7-13-5-4-6-16-18(13)24-12-23-16/h4-6,14-15H,7-12H2,1-3H3/t14-,15-/m0/s1. The van der Waals surface area contributed by atoms with Gasteiger partial charge >= 0.3 is 0 Å². The Morgan fingerprint density at radius 3 is 3.00 bits per heavy atom. The largest absolute Gasteiger partial charge is 0.454 e. The van der Waals surface area contributed by atoms with E-state index < -0.39 is 0 Å². The highest BCUT2D eigenvalue weighted by Gasteiger charge is 2.31. The Morgan fingerprint density at radius 2 is 2.25 bits per heavy atom. The monoisotopic (exact) mass is 334 g/mol. The van der Waals surface area contributed by atoms with Crippen LogP contribution in [0.15, 0.2) is 18.2 Å². The van der Waals surface area contributed by atoms with Crippen molar-refractivity contribution in [2.75, 3.05) is 41.1 Å². The number of rotatable bonds is 6. The lowest BCUT2D eigenvalue weighted by atomic mass is 10.1. The Hall–Kier alpha value is -1.79. The number of hydrogen-bond donors (Lipinski definition) is 0. The highest BCUT2D eigenvalue weighted by atomic mass is 16.7. The molecule has 1 amide bonds. The molecular formula is C18H26N2O4. The van der Waals surface area contributed by atoms with Gasteiger partial charge in [0, 0.05) is 39.7 Å². The third-order valence-electron chi connectivity index (χ3n) is 4.98. The van der Waals surface area contributed by atoms with Crippen LogP contribution in [0.2, 0.25) is 0 Å². The van der Waals surface area contributed by atoms with E-state index in [1.165, 1.54) is 0 Å². The Balaban J connectivity index is 1.51. The van der Waals surface area contributed by atoms with Crippen LogP contribution in [-0.2, 0) is 16.0 Å². The number of likely N-dealkylation sites (tertiary alicyclic amines) is 1. The van der Waals surface area contributed by atoms with Crippen LogP contribution in [0.25, 0.3) is 0 Å². The molecule has 1 saturated heterocycles. The summed E-state index contributed by atoms with van der Waals surface area (Å²) in [7, 11) is 5.72. The molecule has 2 atom stereocenters. The van der Waals surface area contributed by atoms with E-state index in [0.717, 1.165) is 36.6 Å². The van der Waals surface area contributed by atoms with Crippen LogP contribution < -0.4 is 9.47 Å². The summed E-state index contributed by atoms with van der Waals surface area (Å²) in [5, 5.41) is 0. The average molecular weight is 334 g/mol. The van der Waals surface area contributed by atoms with E-state index in [1.54, 1.807) is 7.11 Å². The smallest absolute Gasteiger partial charge is 0.231 e. The summed E-state index contributed by atoms with van der Waals surface area (Å²) >= 11 is 0. The quantitative estimate of drug-likeness (QED) is 0.790. The molecule has 0 N–H and O–H groups in total. The summed E-state index contributed by atoms with van der Waals surface area (Å²) in [5.74, 6) is 1.71. The third-order valence-corrected chi connectivity index (χ3v) is 4.98. The second-order valence-electron chi connectivity index (χ2n) is 6.61. The molecule has 1 aromatic rings. The zero-order valence-corrected chi connectivity index (χ0v) is 14.7. The van der Waals surface area contributed by atoms with Crippen LogP contribution in [0.1, 0.15) is 18.4 Å². The molecule has 0 spiro atoms. The Kier molecular flexibility index (Phi) is 5.26. The van der Waals surface area contributed by atoms with E-state index in [9.17, 15) is 4.79 Å². The number of carbonyl (C=O) groups excluding carboxylic acids is 1. The summed E-state index contributed by atoms with van der Waals surface area (Å²) in [5.41, 5.74) is 1.03. The van der Waals surface area contributed by atoms with Crippen molar-refractivity contribution >= 4 is 5.91 Å². The number of methoxy groups -OCH3 is 1. The van der Waals surface area contributed by atoms with Crippen molar-refractivity contribution in [3.8, 4) is 11.5 Å². The van der Waals surface area contributed by atoms with Gasteiger partial charge in [0.2, 0.25) is 12.7 Å². The summed E-state index contributed by atoms with van der Waals surface area (Å²) in [6, 6.07) is 6.19. The van der Waals surface area contributed by atoms with Crippen molar-refractivity contribution in [3.63, 3.8) is 0 Å². The molecule has 0 unspecified atom stereocenters. The van der Waals surface area contributed by atoms with Gasteiger partial charge in [0.05, 0.1) is 6.10 Å². The Bertz CT molecular complexity index is 592. The van der Waals surface area contributed by atoms with Gasteiger partial charge in [-0.2, -0.15) is 0 Å². The Labute approximate surface area is 143 Å². The SMILES string of the molecule is CO[C@H]1C[C@@H](CN(C)C(=O)CCc2cccc3c2OCO3)N(C)C1. The molecule has 0 radical (unpaired) electrons. The lowest BCUT2D eigenvalue weighted by Gasteiger charge is -2.25. The van der Waals surface area contributed by atoms with Crippen LogP contribution in [0.5, 0.6) is 11.5 Å². The minimum Gasteiger partial charge on any atom is -0.454 e. The van der Waals surface area contributed by atoms with Gasteiger partial charge in [-0.3, -0.25) is 9.69 Å². The number of amides is 1. The van der Waals surface area contributed by atoms with Gasteiger partial charge in [-0.15, -0.1) is 0 Å². The number of para-hydroxylation sites is 1. The van der Waals surface area contributed by atoms with Crippen LogP contribution in [0.3, 0.4) is 0 Å². The van der Waals surface area contributed by atoms with Gasteiger partial charge in [0.25, 0.3) is 0 Å². The van der Waals surface area contributed by atoms with Crippen molar-refractivity contribution in [2.45, 2.75) is 31.4 Å². The predicted molar refractivity (Wildman–Crippen MR) is 90.4 cm³/mol. The normalized spacial score (nSPS) is 22.8. The summed E-state index contributed by atoms with van der Waals surface area (Å²) < 4.78 is 16.3. The van der Waals surface area contributed by atoms with Gasteiger partial charge in [-0.05, 0) is 31.5 Å². The zero-order chi connectivity index (χ0) is 17.1. The number of ether oxygens (including phenoxy) is 3. The van der Waals surface area contributed by atoms with Gasteiger partial charge < -0.3 is 19.1 Å². The number of aryl methyl sites for hydroxylation is 1. The summed E-state index contributed by atoms with van der Waals surface area (Å²) in [6.07, 6.45) is 2.38. The van der Waals surface area contributed by atoms with Gasteiger partial charge in [-0.1, -0.05) is 12.1 Å². The van der Waals surface area contributed by atoms with Crippen molar-refractivity contribution in [2.24, 2.45) is 0 Å². The molecule has 6 heteroatoms. The number of fused-ring (bicyclic) bond motifs is 1. The fourth-order valence-electron chi connectivity index (χ4n) is 3.45. The first-order valence-corrected chi connectivity index (χ1v) is 8.43. The molecule has 2 aliphatic rings. The lowest BCUT2D eigenvalue weighted by molar-refractivity contribution is -0.130. The van der Waals surface area contributed by atoms with Gasteiger partial charge in [0.15, 0.2) is 11.5 Å². The van der Waals surface area contributed by atoms with E-state index in [-0.39, 0.29) is 18.8 Å². The number of nitrogens with zero attached hydrogens (tertiary/aromatic N) is 2. The lowest BCUT2D eigenvalue weighted by Crippen LogP contribution is -2.39. The average Bonchev–Trinajstić information content (AvgIpc) is 3.19. The molecule has 0 aliphatic carbocycles. The second kappa shape index (κ2) is 7.40. The van der Waals surface area contributed by atoms with E-state index >= 15 is 0 Å². The highest BCUT2D eigenvalue weighted by Crippen LogP contribution is 2.35. The maximum atomic E-state index is 12.5. The third kappa shape index (κ3) is 3.65. The molecule has 1 aromatic carbocycles. The molecule has 2 heterocycles.